The first-order valence-corrected chi connectivity index (χ1v) is 12.6. The van der Waals surface area contributed by atoms with E-state index in [1.54, 1.807) is 12.0 Å². The highest BCUT2D eigenvalue weighted by Gasteiger charge is 2.25. The smallest absolute Gasteiger partial charge is 0.271 e. The second-order valence-electron chi connectivity index (χ2n) is 9.23. The van der Waals surface area contributed by atoms with Gasteiger partial charge in [-0.2, -0.15) is 0 Å². The summed E-state index contributed by atoms with van der Waals surface area (Å²) in [5.41, 5.74) is 8.20. The van der Waals surface area contributed by atoms with Crippen molar-refractivity contribution in [2.75, 3.05) is 81.6 Å². The molecule has 2 saturated heterocycles. The Bertz CT molecular complexity index is 1150. The molecular weight excluding hydrogens is 472 g/mol. The molecule has 2 aromatic rings. The molecule has 0 spiro atoms. The van der Waals surface area contributed by atoms with Gasteiger partial charge >= 0.3 is 0 Å². The number of primary amides is 1. The second kappa shape index (κ2) is 11.5. The number of hydrogen-bond donors (Lipinski definition) is 2. The van der Waals surface area contributed by atoms with Crippen LogP contribution in [0.5, 0.6) is 5.75 Å². The molecule has 3 heterocycles. The molecule has 11 heteroatoms. The summed E-state index contributed by atoms with van der Waals surface area (Å²) < 4.78 is 5.71. The van der Waals surface area contributed by atoms with Crippen molar-refractivity contribution >= 4 is 34.8 Å². The molecule has 2 aliphatic heterocycles. The number of rotatable bonds is 8. The zero-order chi connectivity index (χ0) is 26.5. The predicted molar refractivity (Wildman–Crippen MR) is 145 cm³/mol. The Balaban J connectivity index is 1.61. The van der Waals surface area contributed by atoms with Crippen molar-refractivity contribution in [1.82, 2.24) is 19.8 Å². The molecule has 2 amide bonds. The zero-order valence-electron chi connectivity index (χ0n) is 21.9. The van der Waals surface area contributed by atoms with E-state index in [0.717, 1.165) is 37.6 Å². The quantitative estimate of drug-likeness (QED) is 0.511. The number of nitrogens with two attached hydrogens (primary N) is 1. The van der Waals surface area contributed by atoms with Crippen LogP contribution >= 0.6 is 0 Å². The minimum atomic E-state index is -0.654. The molecule has 1 aromatic heterocycles. The van der Waals surface area contributed by atoms with Gasteiger partial charge in [-0.25, -0.2) is 9.97 Å². The van der Waals surface area contributed by atoms with E-state index < -0.39 is 5.91 Å². The molecule has 0 radical (unpaired) electrons. The van der Waals surface area contributed by atoms with Gasteiger partial charge in [0.1, 0.15) is 5.75 Å². The average molecular weight is 509 g/mol. The molecule has 0 bridgehead atoms. The third-order valence-corrected chi connectivity index (χ3v) is 6.87. The van der Waals surface area contributed by atoms with Crippen molar-refractivity contribution in [2.24, 2.45) is 5.73 Å². The van der Waals surface area contributed by atoms with Gasteiger partial charge in [0, 0.05) is 64.1 Å². The number of ether oxygens (including phenoxy) is 1. The van der Waals surface area contributed by atoms with Crippen LogP contribution < -0.4 is 25.6 Å². The fourth-order valence-corrected chi connectivity index (χ4v) is 4.68. The van der Waals surface area contributed by atoms with Gasteiger partial charge in [0.2, 0.25) is 5.91 Å². The number of aryl methyl sites for hydroxylation is 1. The lowest BCUT2D eigenvalue weighted by Crippen LogP contribution is -2.49. The summed E-state index contributed by atoms with van der Waals surface area (Å²) in [6.45, 7) is 11.7. The second-order valence-corrected chi connectivity index (χ2v) is 9.23. The Morgan fingerprint density at radius 1 is 1.08 bits per heavy atom. The Labute approximate surface area is 217 Å². The van der Waals surface area contributed by atoms with Crippen molar-refractivity contribution in [3.05, 3.63) is 42.2 Å². The Hall–Kier alpha value is -3.86. The molecule has 11 nitrogen and oxygen atoms in total. The van der Waals surface area contributed by atoms with Crippen LogP contribution in [0.2, 0.25) is 0 Å². The van der Waals surface area contributed by atoms with Crippen molar-refractivity contribution in [1.29, 1.82) is 0 Å². The number of hydrogen-bond acceptors (Lipinski definition) is 9. The number of likely N-dealkylation sites (N-methyl/N-ethyl adjacent to an activating group) is 1. The number of anilines is 4. The van der Waals surface area contributed by atoms with Crippen LogP contribution in [0.15, 0.2) is 30.9 Å². The van der Waals surface area contributed by atoms with E-state index in [2.05, 4.69) is 38.6 Å². The van der Waals surface area contributed by atoms with Crippen LogP contribution in [0.1, 0.15) is 23.1 Å². The minimum Gasteiger partial charge on any atom is -0.495 e. The van der Waals surface area contributed by atoms with Gasteiger partial charge in [-0.3, -0.25) is 9.59 Å². The molecule has 3 N–H and O–H groups in total. The number of methoxy groups -OCH3 is 1. The molecule has 4 rings (SSSR count). The standard InChI is InChI=1S/C26H36N8O3/c1-5-19-26(34-15-13-33(14-16-34)22(35)6-2)30-25(23(29-19)24(27)36)28-18-7-8-20(21(17-18)37-4)32-11-9-31(3)10-12-32/h6-8,17H,2,5,9-16H2,1,3-4H3,(H2,27,36)(H,28,30). The SMILES string of the molecule is C=CC(=O)N1CCN(c2nc(Nc3ccc(N4CCN(C)CC4)c(OC)c3)c(C(N)=O)nc2CC)CC1. The first-order chi connectivity index (χ1) is 17.8. The number of amides is 2. The van der Waals surface area contributed by atoms with Crippen molar-refractivity contribution in [3.8, 4) is 5.75 Å². The summed E-state index contributed by atoms with van der Waals surface area (Å²) in [5, 5.41) is 3.25. The molecule has 2 fully saturated rings. The van der Waals surface area contributed by atoms with E-state index in [9.17, 15) is 9.59 Å². The summed E-state index contributed by atoms with van der Waals surface area (Å²) in [5.74, 6) is 0.970. The van der Waals surface area contributed by atoms with E-state index in [-0.39, 0.29) is 11.6 Å². The highest BCUT2D eigenvalue weighted by molar-refractivity contribution is 5.96. The average Bonchev–Trinajstić information content (AvgIpc) is 2.92. The van der Waals surface area contributed by atoms with Gasteiger partial charge < -0.3 is 35.4 Å². The Kier molecular flexibility index (Phi) is 8.12. The summed E-state index contributed by atoms with van der Waals surface area (Å²) >= 11 is 0. The molecule has 0 saturated carbocycles. The number of nitrogens with zero attached hydrogens (tertiary/aromatic N) is 6. The molecule has 2 aliphatic rings. The Morgan fingerprint density at radius 3 is 2.35 bits per heavy atom. The van der Waals surface area contributed by atoms with Crippen LogP contribution in [0, 0.1) is 0 Å². The maximum Gasteiger partial charge on any atom is 0.271 e. The molecule has 0 unspecified atom stereocenters. The topological polar surface area (TPSA) is 120 Å². The largest absolute Gasteiger partial charge is 0.495 e. The third kappa shape index (κ3) is 5.77. The maximum atomic E-state index is 12.3. The van der Waals surface area contributed by atoms with E-state index in [1.807, 2.05) is 25.1 Å². The van der Waals surface area contributed by atoms with Gasteiger partial charge in [0.15, 0.2) is 17.3 Å². The first kappa shape index (κ1) is 26.2. The fourth-order valence-electron chi connectivity index (χ4n) is 4.68. The van der Waals surface area contributed by atoms with E-state index in [4.69, 9.17) is 15.5 Å². The summed E-state index contributed by atoms with van der Waals surface area (Å²) in [4.78, 5) is 42.2. The van der Waals surface area contributed by atoms with E-state index in [1.165, 1.54) is 6.08 Å². The van der Waals surface area contributed by atoms with E-state index in [0.29, 0.717) is 55.6 Å². The lowest BCUT2D eigenvalue weighted by molar-refractivity contribution is -0.126. The highest BCUT2D eigenvalue weighted by atomic mass is 16.5. The van der Waals surface area contributed by atoms with E-state index >= 15 is 0 Å². The maximum absolute atomic E-state index is 12.3. The van der Waals surface area contributed by atoms with Gasteiger partial charge in [-0.05, 0) is 31.7 Å². The van der Waals surface area contributed by atoms with Gasteiger partial charge in [-0.1, -0.05) is 13.5 Å². The van der Waals surface area contributed by atoms with Crippen LogP contribution in [-0.4, -0.2) is 98.1 Å². The molecule has 0 aliphatic carbocycles. The summed E-state index contributed by atoms with van der Waals surface area (Å²) in [7, 11) is 3.77. The van der Waals surface area contributed by atoms with Crippen molar-refractivity contribution in [2.45, 2.75) is 13.3 Å². The minimum absolute atomic E-state index is 0.0816. The zero-order valence-corrected chi connectivity index (χ0v) is 21.9. The monoisotopic (exact) mass is 508 g/mol. The fraction of sp³-hybridized carbons (Fsp3) is 0.462. The number of nitrogens with one attached hydrogen (secondary N) is 1. The molecule has 0 atom stereocenters. The Morgan fingerprint density at radius 2 is 1.76 bits per heavy atom. The van der Waals surface area contributed by atoms with Crippen molar-refractivity contribution < 1.29 is 14.3 Å². The van der Waals surface area contributed by atoms with Gasteiger partial charge in [0.05, 0.1) is 18.5 Å². The number of carbonyl (C=O) groups excluding carboxylic acids is 2. The van der Waals surface area contributed by atoms with Gasteiger partial charge in [-0.15, -0.1) is 0 Å². The third-order valence-electron chi connectivity index (χ3n) is 6.87. The molecule has 198 valence electrons. The molecule has 1 aromatic carbocycles. The molecule has 37 heavy (non-hydrogen) atoms. The van der Waals surface area contributed by atoms with Crippen LogP contribution in [0.25, 0.3) is 0 Å². The summed E-state index contributed by atoms with van der Waals surface area (Å²) in [6, 6.07) is 5.85. The number of benzene rings is 1. The summed E-state index contributed by atoms with van der Waals surface area (Å²) in [6.07, 6.45) is 1.92. The number of piperazine rings is 2. The molecular formula is C26H36N8O3. The van der Waals surface area contributed by atoms with Gasteiger partial charge in [0.25, 0.3) is 5.91 Å². The normalized spacial score (nSPS) is 16.5. The number of aromatic nitrogens is 2. The van der Waals surface area contributed by atoms with Crippen LogP contribution in [0.4, 0.5) is 23.0 Å². The van der Waals surface area contributed by atoms with Crippen LogP contribution in [0.3, 0.4) is 0 Å². The predicted octanol–water partition coefficient (Wildman–Crippen LogP) is 1.48. The lowest BCUT2D eigenvalue weighted by atomic mass is 10.2. The highest BCUT2D eigenvalue weighted by Crippen LogP contribution is 2.34. The van der Waals surface area contributed by atoms with Crippen LogP contribution in [-0.2, 0) is 11.2 Å². The first-order valence-electron chi connectivity index (χ1n) is 12.6. The van der Waals surface area contributed by atoms with Crippen molar-refractivity contribution in [3.63, 3.8) is 0 Å². The lowest BCUT2D eigenvalue weighted by Gasteiger charge is -2.35. The number of carbonyl (C=O) groups is 2.